The molecule has 5 nitrogen and oxygen atoms in total. The van der Waals surface area contributed by atoms with E-state index in [0.717, 1.165) is 36.7 Å². The van der Waals surface area contributed by atoms with Crippen molar-refractivity contribution in [3.8, 4) is 6.07 Å². The van der Waals surface area contributed by atoms with Crippen LogP contribution in [0.15, 0.2) is 29.2 Å². The zero-order chi connectivity index (χ0) is 15.1. The third-order valence-corrected chi connectivity index (χ3v) is 5.76. The second-order valence-corrected chi connectivity index (χ2v) is 7.82. The summed E-state index contributed by atoms with van der Waals surface area (Å²) in [7, 11) is -3.46. The first-order chi connectivity index (χ1) is 10.1. The Balaban J connectivity index is 1.87. The highest BCUT2D eigenvalue weighted by molar-refractivity contribution is 7.99. The van der Waals surface area contributed by atoms with Gasteiger partial charge in [-0.1, -0.05) is 12.1 Å². The largest absolute Gasteiger partial charge is 0.300 e. The molecule has 0 atom stereocenters. The van der Waals surface area contributed by atoms with Crippen molar-refractivity contribution in [1.82, 2.24) is 9.62 Å². The Hall–Kier alpha value is -1.07. The van der Waals surface area contributed by atoms with Crippen LogP contribution in [0.3, 0.4) is 0 Å². The molecule has 0 unspecified atom stereocenters. The summed E-state index contributed by atoms with van der Waals surface area (Å²) >= 11 is 1.94. The molecule has 1 aliphatic rings. The van der Waals surface area contributed by atoms with Crippen molar-refractivity contribution in [2.45, 2.75) is 11.3 Å². The summed E-state index contributed by atoms with van der Waals surface area (Å²) in [6.45, 7) is 3.21. The van der Waals surface area contributed by atoms with E-state index in [0.29, 0.717) is 13.0 Å². The summed E-state index contributed by atoms with van der Waals surface area (Å²) in [5, 5.41) is 8.60. The van der Waals surface area contributed by atoms with Gasteiger partial charge in [-0.05, 0) is 17.7 Å². The molecule has 0 saturated carbocycles. The van der Waals surface area contributed by atoms with Crippen molar-refractivity contribution in [2.24, 2.45) is 0 Å². The number of benzene rings is 1. The minimum Gasteiger partial charge on any atom is -0.300 e. The zero-order valence-corrected chi connectivity index (χ0v) is 13.4. The molecule has 0 aromatic heterocycles. The standard InChI is InChI=1S/C14H19N3O2S2/c15-6-5-13-1-3-14(4-2-13)21(18,19)16-7-8-17-9-11-20-12-10-17/h1-4,16H,5,7-12H2. The fraction of sp³-hybridized carbons (Fsp3) is 0.500. The van der Waals surface area contributed by atoms with Crippen LogP contribution >= 0.6 is 11.8 Å². The molecule has 2 rings (SSSR count). The summed E-state index contributed by atoms with van der Waals surface area (Å²) < 4.78 is 26.9. The number of sulfonamides is 1. The average molecular weight is 325 g/mol. The maximum Gasteiger partial charge on any atom is 0.240 e. The van der Waals surface area contributed by atoms with E-state index in [-0.39, 0.29) is 4.90 Å². The Morgan fingerprint density at radius 2 is 1.90 bits per heavy atom. The number of rotatable bonds is 6. The van der Waals surface area contributed by atoms with Gasteiger partial charge in [0.1, 0.15) is 0 Å². The van der Waals surface area contributed by atoms with Crippen LogP contribution in [0, 0.1) is 11.3 Å². The van der Waals surface area contributed by atoms with E-state index >= 15 is 0 Å². The van der Waals surface area contributed by atoms with Gasteiger partial charge < -0.3 is 4.90 Å². The molecule has 1 aromatic rings. The highest BCUT2D eigenvalue weighted by Crippen LogP contribution is 2.11. The van der Waals surface area contributed by atoms with Gasteiger partial charge in [-0.2, -0.15) is 17.0 Å². The minimum absolute atomic E-state index is 0.249. The monoisotopic (exact) mass is 325 g/mol. The molecule has 1 aliphatic heterocycles. The fourth-order valence-electron chi connectivity index (χ4n) is 2.12. The smallest absolute Gasteiger partial charge is 0.240 e. The molecule has 1 aromatic carbocycles. The van der Waals surface area contributed by atoms with E-state index in [9.17, 15) is 8.42 Å². The van der Waals surface area contributed by atoms with Crippen LogP contribution in [-0.2, 0) is 16.4 Å². The molecule has 0 bridgehead atoms. The molecule has 1 fully saturated rings. The van der Waals surface area contributed by atoms with Gasteiger partial charge in [-0.3, -0.25) is 0 Å². The highest BCUT2D eigenvalue weighted by atomic mass is 32.2. The van der Waals surface area contributed by atoms with Crippen molar-refractivity contribution in [1.29, 1.82) is 5.26 Å². The summed E-state index contributed by atoms with van der Waals surface area (Å²) in [6, 6.07) is 8.50. The van der Waals surface area contributed by atoms with Crippen molar-refractivity contribution >= 4 is 21.8 Å². The normalized spacial score (nSPS) is 16.5. The minimum atomic E-state index is -3.46. The van der Waals surface area contributed by atoms with Crippen molar-refractivity contribution < 1.29 is 8.42 Å². The lowest BCUT2D eigenvalue weighted by atomic mass is 10.2. The molecule has 1 heterocycles. The summed E-state index contributed by atoms with van der Waals surface area (Å²) in [5.41, 5.74) is 0.822. The van der Waals surface area contributed by atoms with Gasteiger partial charge in [0.25, 0.3) is 0 Å². The first-order valence-electron chi connectivity index (χ1n) is 6.87. The van der Waals surface area contributed by atoms with Crippen LogP contribution in [0.25, 0.3) is 0 Å². The van der Waals surface area contributed by atoms with E-state index in [4.69, 9.17) is 5.26 Å². The van der Waals surface area contributed by atoms with Gasteiger partial charge >= 0.3 is 0 Å². The Bertz CT molecular complexity index is 588. The summed E-state index contributed by atoms with van der Waals surface area (Å²) in [6.07, 6.45) is 0.292. The van der Waals surface area contributed by atoms with Crippen LogP contribution in [0.5, 0.6) is 0 Å². The summed E-state index contributed by atoms with van der Waals surface area (Å²) in [5.74, 6) is 2.24. The van der Waals surface area contributed by atoms with Crippen molar-refractivity contribution in [3.05, 3.63) is 29.8 Å². The molecule has 1 N–H and O–H groups in total. The lowest BCUT2D eigenvalue weighted by Crippen LogP contribution is -2.39. The van der Waals surface area contributed by atoms with Gasteiger partial charge in [-0.25, -0.2) is 13.1 Å². The van der Waals surface area contributed by atoms with E-state index in [1.807, 2.05) is 17.8 Å². The van der Waals surface area contributed by atoms with Crippen molar-refractivity contribution in [3.63, 3.8) is 0 Å². The van der Waals surface area contributed by atoms with Crippen LogP contribution < -0.4 is 4.72 Å². The number of thioether (sulfide) groups is 1. The Labute approximate surface area is 130 Å². The number of nitriles is 1. The molecule has 21 heavy (non-hydrogen) atoms. The van der Waals surface area contributed by atoms with E-state index in [1.54, 1.807) is 24.3 Å². The fourth-order valence-corrected chi connectivity index (χ4v) is 4.12. The van der Waals surface area contributed by atoms with Crippen LogP contribution in [-0.4, -0.2) is 51.0 Å². The molecule has 0 aliphatic carbocycles. The Morgan fingerprint density at radius 3 is 2.52 bits per heavy atom. The second-order valence-electron chi connectivity index (χ2n) is 4.83. The molecular weight excluding hydrogens is 306 g/mol. The maximum absolute atomic E-state index is 12.1. The van der Waals surface area contributed by atoms with Gasteiger partial charge in [0.15, 0.2) is 0 Å². The number of hydrogen-bond donors (Lipinski definition) is 1. The van der Waals surface area contributed by atoms with Gasteiger partial charge in [-0.15, -0.1) is 0 Å². The van der Waals surface area contributed by atoms with Crippen LogP contribution in [0.1, 0.15) is 5.56 Å². The van der Waals surface area contributed by atoms with E-state index in [2.05, 4.69) is 9.62 Å². The van der Waals surface area contributed by atoms with Crippen molar-refractivity contribution in [2.75, 3.05) is 37.7 Å². The summed E-state index contributed by atoms with van der Waals surface area (Å²) in [4.78, 5) is 2.52. The molecular formula is C14H19N3O2S2. The zero-order valence-electron chi connectivity index (χ0n) is 11.8. The molecule has 0 radical (unpaired) electrons. The predicted molar refractivity (Wildman–Crippen MR) is 84.7 cm³/mol. The quantitative estimate of drug-likeness (QED) is 0.847. The third kappa shape index (κ3) is 5.00. The highest BCUT2D eigenvalue weighted by Gasteiger charge is 2.15. The third-order valence-electron chi connectivity index (χ3n) is 3.34. The second kappa shape index (κ2) is 7.80. The average Bonchev–Trinajstić information content (AvgIpc) is 2.49. The molecule has 1 saturated heterocycles. The van der Waals surface area contributed by atoms with Crippen LogP contribution in [0.2, 0.25) is 0 Å². The Morgan fingerprint density at radius 1 is 1.24 bits per heavy atom. The topological polar surface area (TPSA) is 73.2 Å². The lowest BCUT2D eigenvalue weighted by molar-refractivity contribution is 0.307. The first kappa shape index (κ1) is 16.3. The number of nitrogens with zero attached hydrogens (tertiary/aromatic N) is 2. The number of hydrogen-bond acceptors (Lipinski definition) is 5. The van der Waals surface area contributed by atoms with Gasteiger partial charge in [0, 0.05) is 37.7 Å². The number of nitrogens with one attached hydrogen (secondary N) is 1. The van der Waals surface area contributed by atoms with Gasteiger partial charge in [0.05, 0.1) is 17.4 Å². The van der Waals surface area contributed by atoms with Gasteiger partial charge in [0.2, 0.25) is 10.0 Å². The van der Waals surface area contributed by atoms with E-state index in [1.165, 1.54) is 0 Å². The maximum atomic E-state index is 12.1. The molecule has 0 spiro atoms. The molecule has 7 heteroatoms. The molecule has 0 amide bonds. The SMILES string of the molecule is N#CCc1ccc(S(=O)(=O)NCCN2CCSCC2)cc1. The first-order valence-corrected chi connectivity index (χ1v) is 9.51. The molecule has 114 valence electrons. The predicted octanol–water partition coefficient (Wildman–Crippen LogP) is 1.08. The van der Waals surface area contributed by atoms with Crippen LogP contribution in [0.4, 0.5) is 0 Å². The lowest BCUT2D eigenvalue weighted by Gasteiger charge is -2.25. The Kier molecular flexibility index (Phi) is 6.06. The van der Waals surface area contributed by atoms with E-state index < -0.39 is 10.0 Å².